The molecule has 0 spiro atoms. The van der Waals surface area contributed by atoms with Gasteiger partial charge in [-0.15, -0.1) is 16.8 Å². The van der Waals surface area contributed by atoms with Gasteiger partial charge in [0.2, 0.25) is 5.91 Å². The number of para-hydroxylation sites is 1. The molecule has 154 valence electrons. The van der Waals surface area contributed by atoms with E-state index >= 15 is 0 Å². The molecule has 0 aliphatic heterocycles. The minimum atomic E-state index is -0.208. The Morgan fingerprint density at radius 1 is 1.10 bits per heavy atom. The molecule has 2 N–H and O–H groups in total. The lowest BCUT2D eigenvalue weighted by Crippen LogP contribution is -2.24. The summed E-state index contributed by atoms with van der Waals surface area (Å²) in [5.41, 5.74) is 1.12. The molecule has 1 heterocycles. The summed E-state index contributed by atoms with van der Waals surface area (Å²) in [6.07, 6.45) is 1.71. The van der Waals surface area contributed by atoms with Crippen molar-refractivity contribution >= 4 is 40.9 Å². The zero-order valence-corrected chi connectivity index (χ0v) is 17.6. The molecule has 30 heavy (non-hydrogen) atoms. The van der Waals surface area contributed by atoms with Crippen molar-refractivity contribution in [3.63, 3.8) is 0 Å². The molecule has 7 nitrogen and oxygen atoms in total. The number of thioether (sulfide) groups is 1. The smallest absolute Gasteiger partial charge is 0.251 e. The van der Waals surface area contributed by atoms with Gasteiger partial charge >= 0.3 is 0 Å². The SMILES string of the molecule is C=CCn1c(CNC(=O)c2ccccc2)nnc1SCC(=O)Nc1ccccc1Cl. The molecule has 0 aliphatic carbocycles. The quantitative estimate of drug-likeness (QED) is 0.389. The lowest BCUT2D eigenvalue weighted by molar-refractivity contribution is -0.113. The number of carbonyl (C=O) groups excluding carboxylic acids is 2. The number of anilines is 1. The van der Waals surface area contributed by atoms with Gasteiger partial charge in [0.1, 0.15) is 0 Å². The Kier molecular flexibility index (Phi) is 7.64. The van der Waals surface area contributed by atoms with Crippen molar-refractivity contribution in [1.29, 1.82) is 0 Å². The highest BCUT2D eigenvalue weighted by Crippen LogP contribution is 2.22. The number of aromatic nitrogens is 3. The van der Waals surface area contributed by atoms with Crippen LogP contribution < -0.4 is 10.6 Å². The van der Waals surface area contributed by atoms with Crippen molar-refractivity contribution in [3.8, 4) is 0 Å². The third-order valence-corrected chi connectivity index (χ3v) is 5.32. The molecule has 0 radical (unpaired) electrons. The standard InChI is InChI=1S/C21H20ClN5O2S/c1-2-12-27-18(13-23-20(29)15-8-4-3-5-9-15)25-26-21(27)30-14-19(28)24-17-11-7-6-10-16(17)22/h2-11H,1,12-14H2,(H,23,29)(H,24,28). The van der Waals surface area contributed by atoms with E-state index in [2.05, 4.69) is 27.4 Å². The monoisotopic (exact) mass is 441 g/mol. The zero-order valence-electron chi connectivity index (χ0n) is 16.0. The second-order valence-electron chi connectivity index (χ2n) is 6.16. The van der Waals surface area contributed by atoms with Gasteiger partial charge in [0.05, 0.1) is 23.0 Å². The fourth-order valence-electron chi connectivity index (χ4n) is 2.60. The highest BCUT2D eigenvalue weighted by atomic mass is 35.5. The molecule has 1 aromatic heterocycles. The highest BCUT2D eigenvalue weighted by molar-refractivity contribution is 7.99. The van der Waals surface area contributed by atoms with Crippen LogP contribution in [-0.4, -0.2) is 32.3 Å². The van der Waals surface area contributed by atoms with E-state index in [4.69, 9.17) is 11.6 Å². The number of carbonyl (C=O) groups is 2. The Morgan fingerprint density at radius 3 is 2.57 bits per heavy atom. The van der Waals surface area contributed by atoms with Gasteiger partial charge in [-0.05, 0) is 24.3 Å². The van der Waals surface area contributed by atoms with Gasteiger partial charge in [-0.2, -0.15) is 0 Å². The van der Waals surface area contributed by atoms with Crippen LogP contribution >= 0.6 is 23.4 Å². The number of rotatable bonds is 9. The molecule has 3 rings (SSSR count). The number of nitrogens with zero attached hydrogens (tertiary/aromatic N) is 3. The molecule has 3 aromatic rings. The average molecular weight is 442 g/mol. The molecule has 0 unspecified atom stereocenters. The maximum Gasteiger partial charge on any atom is 0.251 e. The van der Waals surface area contributed by atoms with Gasteiger partial charge in [0.25, 0.3) is 5.91 Å². The summed E-state index contributed by atoms with van der Waals surface area (Å²) < 4.78 is 1.81. The van der Waals surface area contributed by atoms with E-state index in [1.54, 1.807) is 54.6 Å². The number of hydrogen-bond donors (Lipinski definition) is 2. The molecule has 0 atom stereocenters. The molecule has 2 aromatic carbocycles. The maximum absolute atomic E-state index is 12.3. The second kappa shape index (κ2) is 10.6. The van der Waals surface area contributed by atoms with Crippen molar-refractivity contribution in [1.82, 2.24) is 20.1 Å². The predicted octanol–water partition coefficient (Wildman–Crippen LogP) is 3.78. The second-order valence-corrected chi connectivity index (χ2v) is 7.51. The van der Waals surface area contributed by atoms with Crippen molar-refractivity contribution in [2.24, 2.45) is 0 Å². The fraction of sp³-hybridized carbons (Fsp3) is 0.143. The number of benzene rings is 2. The van der Waals surface area contributed by atoms with Crippen LogP contribution in [0.4, 0.5) is 5.69 Å². The summed E-state index contributed by atoms with van der Waals surface area (Å²) in [6, 6.07) is 16.0. The summed E-state index contributed by atoms with van der Waals surface area (Å²) in [5.74, 6) is 0.308. The largest absolute Gasteiger partial charge is 0.345 e. The van der Waals surface area contributed by atoms with E-state index in [1.807, 2.05) is 10.6 Å². The number of allylic oxidation sites excluding steroid dienone is 1. The molecular weight excluding hydrogens is 422 g/mol. The van der Waals surface area contributed by atoms with Gasteiger partial charge in [-0.3, -0.25) is 9.59 Å². The van der Waals surface area contributed by atoms with Crippen LogP contribution in [0, 0.1) is 0 Å². The highest BCUT2D eigenvalue weighted by Gasteiger charge is 2.15. The lowest BCUT2D eigenvalue weighted by atomic mass is 10.2. The van der Waals surface area contributed by atoms with E-state index in [0.717, 1.165) is 0 Å². The molecule has 0 bridgehead atoms. The molecule has 0 aliphatic rings. The van der Waals surface area contributed by atoms with E-state index < -0.39 is 0 Å². The summed E-state index contributed by atoms with van der Waals surface area (Å²) >= 11 is 7.31. The van der Waals surface area contributed by atoms with Crippen molar-refractivity contribution in [2.45, 2.75) is 18.2 Å². The summed E-state index contributed by atoms with van der Waals surface area (Å²) in [7, 11) is 0. The zero-order chi connectivity index (χ0) is 21.3. The van der Waals surface area contributed by atoms with Crippen LogP contribution in [0.25, 0.3) is 0 Å². The minimum absolute atomic E-state index is 0.136. The Morgan fingerprint density at radius 2 is 1.83 bits per heavy atom. The minimum Gasteiger partial charge on any atom is -0.345 e. The number of halogens is 1. The van der Waals surface area contributed by atoms with Gasteiger partial charge in [-0.1, -0.05) is 59.8 Å². The van der Waals surface area contributed by atoms with Crippen LogP contribution in [0.5, 0.6) is 0 Å². The summed E-state index contributed by atoms with van der Waals surface area (Å²) in [6.45, 7) is 4.42. The number of nitrogens with one attached hydrogen (secondary N) is 2. The van der Waals surface area contributed by atoms with E-state index in [-0.39, 0.29) is 24.1 Å². The first-order valence-electron chi connectivity index (χ1n) is 9.12. The van der Waals surface area contributed by atoms with Crippen molar-refractivity contribution < 1.29 is 9.59 Å². The topological polar surface area (TPSA) is 88.9 Å². The Balaban J connectivity index is 1.61. The predicted molar refractivity (Wildman–Crippen MR) is 119 cm³/mol. The first kappa shape index (κ1) is 21.6. The third-order valence-electron chi connectivity index (χ3n) is 4.03. The van der Waals surface area contributed by atoms with E-state index in [1.165, 1.54) is 11.8 Å². The maximum atomic E-state index is 12.3. The third kappa shape index (κ3) is 5.71. The Bertz CT molecular complexity index is 1040. The van der Waals surface area contributed by atoms with Gasteiger partial charge < -0.3 is 15.2 Å². The number of hydrogen-bond acceptors (Lipinski definition) is 5. The summed E-state index contributed by atoms with van der Waals surface area (Å²) in [4.78, 5) is 24.5. The van der Waals surface area contributed by atoms with Crippen LogP contribution in [0.2, 0.25) is 5.02 Å². The fourth-order valence-corrected chi connectivity index (χ4v) is 3.55. The first-order chi connectivity index (χ1) is 14.6. The molecule has 0 saturated heterocycles. The summed E-state index contributed by atoms with van der Waals surface area (Å²) in [5, 5.41) is 14.9. The number of amides is 2. The van der Waals surface area contributed by atoms with Crippen molar-refractivity contribution in [3.05, 3.63) is 83.7 Å². The van der Waals surface area contributed by atoms with Gasteiger partial charge in [0, 0.05) is 12.1 Å². The molecule has 0 fully saturated rings. The first-order valence-corrected chi connectivity index (χ1v) is 10.5. The molecule has 0 saturated carbocycles. The van der Waals surface area contributed by atoms with Gasteiger partial charge in [-0.25, -0.2) is 0 Å². The average Bonchev–Trinajstić information content (AvgIpc) is 3.14. The molecular formula is C21H20ClN5O2S. The lowest BCUT2D eigenvalue weighted by Gasteiger charge is -2.09. The normalized spacial score (nSPS) is 10.4. The van der Waals surface area contributed by atoms with E-state index in [9.17, 15) is 9.59 Å². The van der Waals surface area contributed by atoms with Crippen LogP contribution in [0.1, 0.15) is 16.2 Å². The van der Waals surface area contributed by atoms with E-state index in [0.29, 0.717) is 33.8 Å². The Hall–Kier alpha value is -3.10. The van der Waals surface area contributed by atoms with Crippen LogP contribution in [0.3, 0.4) is 0 Å². The van der Waals surface area contributed by atoms with Crippen LogP contribution in [-0.2, 0) is 17.9 Å². The van der Waals surface area contributed by atoms with Crippen molar-refractivity contribution in [2.75, 3.05) is 11.1 Å². The molecule has 9 heteroatoms. The van der Waals surface area contributed by atoms with Gasteiger partial charge in [0.15, 0.2) is 11.0 Å². The molecule has 2 amide bonds. The van der Waals surface area contributed by atoms with Crippen LogP contribution in [0.15, 0.2) is 72.4 Å². The Labute approximate surface area is 183 Å².